The molecule has 0 aliphatic carbocycles. The Hall–Kier alpha value is -4.85. The summed E-state index contributed by atoms with van der Waals surface area (Å²) in [6.45, 7) is 10.1. The lowest BCUT2D eigenvalue weighted by atomic mass is 9.70. The first-order chi connectivity index (χ1) is 25.3. The van der Waals surface area contributed by atoms with Crippen molar-refractivity contribution in [3.63, 3.8) is 0 Å². The lowest BCUT2D eigenvalue weighted by molar-refractivity contribution is -0.152. The van der Waals surface area contributed by atoms with Crippen molar-refractivity contribution >= 4 is 50.4 Å². The Morgan fingerprint density at radius 2 is 1.77 bits per heavy atom. The van der Waals surface area contributed by atoms with E-state index in [1.54, 1.807) is 50.9 Å². The number of likely N-dealkylation sites (tertiary alicyclic amines) is 1. The van der Waals surface area contributed by atoms with Crippen LogP contribution in [0.1, 0.15) is 24.9 Å². The Balaban J connectivity index is 1.32. The fourth-order valence-electron chi connectivity index (χ4n) is 8.24. The molecule has 1 aromatic heterocycles. The SMILES string of the molecule is C=CCN(Cn1nnc2ccccc21)C(=O)C1N([C@H](CO)c2ccccc2)C(=O)[C@@H]2[C@H](C(=O)N(CC=C)c3ccc(OCC)cc3)[C@H]3OC12CC3Br. The van der Waals surface area contributed by atoms with Crippen molar-refractivity contribution in [2.75, 3.05) is 31.2 Å². The molecule has 3 unspecified atom stereocenters. The molecule has 7 rings (SSSR count). The minimum absolute atomic E-state index is 0.0220. The Kier molecular flexibility index (Phi) is 10.0. The van der Waals surface area contributed by atoms with Gasteiger partial charge in [0, 0.05) is 23.6 Å². The second kappa shape index (κ2) is 14.6. The summed E-state index contributed by atoms with van der Waals surface area (Å²) < 4.78 is 14.1. The number of carbonyl (C=O) groups is 3. The van der Waals surface area contributed by atoms with Crippen molar-refractivity contribution in [2.45, 2.75) is 48.6 Å². The van der Waals surface area contributed by atoms with Crippen LogP contribution in [0.2, 0.25) is 0 Å². The van der Waals surface area contributed by atoms with Gasteiger partial charge in [0.1, 0.15) is 29.6 Å². The van der Waals surface area contributed by atoms with Crippen LogP contribution in [0.3, 0.4) is 0 Å². The highest BCUT2D eigenvalue weighted by Crippen LogP contribution is 2.61. The summed E-state index contributed by atoms with van der Waals surface area (Å²) in [5.74, 6) is -2.41. The molecule has 2 bridgehead atoms. The molecular weight excluding hydrogens is 728 g/mol. The van der Waals surface area contributed by atoms with E-state index in [4.69, 9.17) is 9.47 Å². The van der Waals surface area contributed by atoms with Crippen LogP contribution in [0.25, 0.3) is 11.0 Å². The Labute approximate surface area is 310 Å². The molecule has 0 saturated carbocycles. The minimum Gasteiger partial charge on any atom is -0.494 e. The predicted molar refractivity (Wildman–Crippen MR) is 198 cm³/mol. The van der Waals surface area contributed by atoms with Crippen LogP contribution in [0.5, 0.6) is 5.75 Å². The van der Waals surface area contributed by atoms with Crippen molar-refractivity contribution in [1.82, 2.24) is 24.8 Å². The molecule has 1 spiro atoms. The average molecular weight is 770 g/mol. The molecule has 270 valence electrons. The number of rotatable bonds is 14. The summed E-state index contributed by atoms with van der Waals surface area (Å²) in [7, 11) is 0. The quantitative estimate of drug-likeness (QED) is 0.147. The van der Waals surface area contributed by atoms with Crippen LogP contribution >= 0.6 is 15.9 Å². The largest absolute Gasteiger partial charge is 0.494 e. The second-order valence-corrected chi connectivity index (χ2v) is 14.4. The molecule has 3 amide bonds. The first-order valence-corrected chi connectivity index (χ1v) is 18.3. The van der Waals surface area contributed by atoms with E-state index in [0.717, 1.165) is 5.52 Å². The lowest BCUT2D eigenvalue weighted by Gasteiger charge is -2.39. The monoisotopic (exact) mass is 768 g/mol. The molecule has 0 radical (unpaired) electrons. The smallest absolute Gasteiger partial charge is 0.250 e. The summed E-state index contributed by atoms with van der Waals surface area (Å²) in [5.41, 5.74) is 1.30. The van der Waals surface area contributed by atoms with Crippen LogP contribution in [0, 0.1) is 11.8 Å². The standard InChI is InChI=1S/C39H41BrN6O6/c1-4-20-43(24-45-30-15-11-10-14-29(30)41-42-45)38(50)35-39-22-28(40)34(52-39)32(33(39)37(49)46(35)31(23-47)25-12-8-7-9-13-25)36(48)44(21-5-2)26-16-18-27(19-17-26)51-6-3/h4-5,7-19,28,31-35,47H,1-2,6,20-24H2,3H3/t28?,31-,32+,33+,34+,35?,39?/m1/s1. The maximum Gasteiger partial charge on any atom is 0.250 e. The number of aliphatic hydroxyl groups is 1. The summed E-state index contributed by atoms with van der Waals surface area (Å²) in [6, 6.07) is 21.7. The third-order valence-corrected chi connectivity index (χ3v) is 11.2. The number of nitrogens with zero attached hydrogens (tertiary/aromatic N) is 6. The molecule has 3 saturated heterocycles. The van der Waals surface area contributed by atoms with Crippen molar-refractivity contribution in [1.29, 1.82) is 0 Å². The van der Waals surface area contributed by atoms with E-state index < -0.39 is 54.0 Å². The molecule has 4 heterocycles. The highest BCUT2D eigenvalue weighted by molar-refractivity contribution is 9.09. The fourth-order valence-corrected chi connectivity index (χ4v) is 9.19. The third-order valence-electron chi connectivity index (χ3n) is 10.4. The van der Waals surface area contributed by atoms with Gasteiger partial charge < -0.3 is 29.3 Å². The van der Waals surface area contributed by atoms with E-state index in [1.807, 2.05) is 61.5 Å². The number of para-hydroxylation sites is 1. The highest BCUT2D eigenvalue weighted by Gasteiger charge is 2.77. The fraction of sp³-hybridized carbons (Fsp3) is 0.359. The zero-order chi connectivity index (χ0) is 36.6. The number of halogens is 1. The lowest BCUT2D eigenvalue weighted by Crippen LogP contribution is -2.57. The van der Waals surface area contributed by atoms with E-state index in [1.165, 1.54) is 4.90 Å². The number of alkyl halides is 1. The molecule has 4 aromatic rings. The van der Waals surface area contributed by atoms with Gasteiger partial charge in [-0.25, -0.2) is 4.68 Å². The number of benzene rings is 3. The van der Waals surface area contributed by atoms with Gasteiger partial charge in [0.15, 0.2) is 0 Å². The summed E-state index contributed by atoms with van der Waals surface area (Å²) in [4.78, 5) is 49.4. The Morgan fingerprint density at radius 3 is 2.46 bits per heavy atom. The first-order valence-electron chi connectivity index (χ1n) is 17.4. The molecule has 3 aliphatic heterocycles. The number of fused-ring (bicyclic) bond motifs is 2. The molecule has 3 fully saturated rings. The van der Waals surface area contributed by atoms with Crippen molar-refractivity contribution in [2.24, 2.45) is 11.8 Å². The van der Waals surface area contributed by atoms with Gasteiger partial charge in [0.2, 0.25) is 17.7 Å². The van der Waals surface area contributed by atoms with Crippen molar-refractivity contribution in [3.05, 3.63) is 110 Å². The summed E-state index contributed by atoms with van der Waals surface area (Å²) >= 11 is 3.79. The van der Waals surface area contributed by atoms with Gasteiger partial charge in [-0.3, -0.25) is 14.4 Å². The Bertz CT molecular complexity index is 1970. The van der Waals surface area contributed by atoms with Crippen LogP contribution in [-0.4, -0.2) is 96.5 Å². The number of ether oxygens (including phenoxy) is 2. The zero-order valence-corrected chi connectivity index (χ0v) is 30.4. The number of aromatic nitrogens is 3. The molecule has 1 N–H and O–H groups in total. The summed E-state index contributed by atoms with van der Waals surface area (Å²) in [5, 5.41) is 19.5. The van der Waals surface area contributed by atoms with Gasteiger partial charge >= 0.3 is 0 Å². The molecule has 52 heavy (non-hydrogen) atoms. The van der Waals surface area contributed by atoms with E-state index in [2.05, 4.69) is 39.4 Å². The van der Waals surface area contributed by atoms with Crippen molar-refractivity contribution < 1.29 is 29.0 Å². The Morgan fingerprint density at radius 1 is 1.06 bits per heavy atom. The summed E-state index contributed by atoms with van der Waals surface area (Å²) in [6.07, 6.45) is 2.86. The highest BCUT2D eigenvalue weighted by atomic mass is 79.9. The number of amides is 3. The molecule has 13 heteroatoms. The molecule has 3 aliphatic rings. The van der Waals surface area contributed by atoms with Crippen LogP contribution < -0.4 is 9.64 Å². The predicted octanol–water partition coefficient (Wildman–Crippen LogP) is 4.50. The number of aliphatic hydroxyl groups excluding tert-OH is 1. The molecular formula is C39H41BrN6O6. The maximum atomic E-state index is 15.2. The normalized spacial score (nSPS) is 25.2. The number of carbonyl (C=O) groups excluding carboxylic acids is 3. The average Bonchev–Trinajstić information content (AvgIpc) is 3.88. The third kappa shape index (κ3) is 5.90. The van der Waals surface area contributed by atoms with E-state index in [0.29, 0.717) is 35.5 Å². The van der Waals surface area contributed by atoms with Crippen molar-refractivity contribution in [3.8, 4) is 5.75 Å². The molecule has 3 aromatic carbocycles. The van der Waals surface area contributed by atoms with Crippen LogP contribution in [-0.2, 0) is 25.8 Å². The van der Waals surface area contributed by atoms with Gasteiger partial charge in [-0.2, -0.15) is 0 Å². The number of hydrogen-bond acceptors (Lipinski definition) is 8. The first kappa shape index (κ1) is 35.5. The number of hydrogen-bond donors (Lipinski definition) is 1. The van der Waals surface area contributed by atoms with Gasteiger partial charge in [0.05, 0.1) is 42.7 Å². The van der Waals surface area contributed by atoms with Crippen LogP contribution in [0.15, 0.2) is 104 Å². The maximum absolute atomic E-state index is 15.2. The second-order valence-electron chi connectivity index (χ2n) is 13.3. The van der Waals surface area contributed by atoms with Gasteiger partial charge in [0.25, 0.3) is 0 Å². The van der Waals surface area contributed by atoms with E-state index in [-0.39, 0.29) is 30.5 Å². The minimum atomic E-state index is -1.38. The molecule has 7 atom stereocenters. The van der Waals surface area contributed by atoms with Gasteiger partial charge in [-0.15, -0.1) is 18.3 Å². The number of anilines is 1. The molecule has 12 nitrogen and oxygen atoms in total. The zero-order valence-electron chi connectivity index (χ0n) is 28.8. The topological polar surface area (TPSA) is 130 Å². The van der Waals surface area contributed by atoms with Gasteiger partial charge in [-0.1, -0.05) is 75.8 Å². The van der Waals surface area contributed by atoms with E-state index in [9.17, 15) is 9.90 Å². The van der Waals surface area contributed by atoms with E-state index >= 15 is 9.59 Å². The van der Waals surface area contributed by atoms with Gasteiger partial charge in [-0.05, 0) is 55.3 Å². The van der Waals surface area contributed by atoms with Crippen LogP contribution in [0.4, 0.5) is 5.69 Å².